The zero-order valence-electron chi connectivity index (χ0n) is 18.7. The Kier molecular flexibility index (Phi) is 6.06. The van der Waals surface area contributed by atoms with E-state index in [2.05, 4.69) is 0 Å². The predicted molar refractivity (Wildman–Crippen MR) is 115 cm³/mol. The lowest BCUT2D eigenvalue weighted by atomic mass is 9.89. The summed E-state index contributed by atoms with van der Waals surface area (Å²) in [4.78, 5) is 12.9. The number of ether oxygens (including phenoxy) is 7. The summed E-state index contributed by atoms with van der Waals surface area (Å²) in [7, 11) is 6.07. The number of methoxy groups -OCH3 is 4. The molecule has 0 aliphatic carbocycles. The van der Waals surface area contributed by atoms with E-state index in [0.717, 1.165) is 0 Å². The van der Waals surface area contributed by atoms with Gasteiger partial charge in [0.15, 0.2) is 17.3 Å². The summed E-state index contributed by atoms with van der Waals surface area (Å²) < 4.78 is 37.6. The lowest BCUT2D eigenvalue weighted by molar-refractivity contribution is -0.186. The second-order valence-electron chi connectivity index (χ2n) is 7.24. The molecule has 1 atom stereocenters. The molecule has 0 amide bonds. The summed E-state index contributed by atoms with van der Waals surface area (Å²) in [5, 5.41) is 11.6. The fraction of sp³-hybridized carbons (Fsp3) is 0.292. The van der Waals surface area contributed by atoms with Crippen molar-refractivity contribution in [3.8, 4) is 23.0 Å². The van der Waals surface area contributed by atoms with Gasteiger partial charge in [0.2, 0.25) is 12.5 Å². The van der Waals surface area contributed by atoms with Gasteiger partial charge in [0.25, 0.3) is 5.79 Å². The van der Waals surface area contributed by atoms with Gasteiger partial charge in [0, 0.05) is 17.6 Å². The largest absolute Gasteiger partial charge is 0.497 e. The number of carbonyl (C=O) groups is 1. The van der Waals surface area contributed by atoms with E-state index in [-0.39, 0.29) is 30.1 Å². The molecular weight excluding hydrogens is 432 g/mol. The first-order valence-electron chi connectivity index (χ1n) is 10.0. The maximum atomic E-state index is 12.9. The molecule has 33 heavy (non-hydrogen) atoms. The van der Waals surface area contributed by atoms with Crippen LogP contribution in [0.4, 0.5) is 0 Å². The number of aliphatic hydroxyl groups is 1. The molecule has 4 rings (SSSR count). The minimum Gasteiger partial charge on any atom is -0.497 e. The fourth-order valence-electron chi connectivity index (χ4n) is 3.86. The van der Waals surface area contributed by atoms with Gasteiger partial charge in [-0.25, -0.2) is 4.79 Å². The lowest BCUT2D eigenvalue weighted by Gasteiger charge is -2.26. The number of hydrogen-bond acceptors (Lipinski definition) is 9. The summed E-state index contributed by atoms with van der Waals surface area (Å²) in [6.07, 6.45) is 1.44. The van der Waals surface area contributed by atoms with Crippen LogP contribution < -0.4 is 18.9 Å². The zero-order chi connectivity index (χ0) is 23.6. The number of cyclic esters (lactones) is 1. The van der Waals surface area contributed by atoms with Gasteiger partial charge >= 0.3 is 5.97 Å². The Bertz CT molecular complexity index is 1090. The monoisotopic (exact) mass is 456 g/mol. The first-order chi connectivity index (χ1) is 15.9. The van der Waals surface area contributed by atoms with E-state index in [1.54, 1.807) is 36.4 Å². The van der Waals surface area contributed by atoms with Gasteiger partial charge in [-0.1, -0.05) is 0 Å². The summed E-state index contributed by atoms with van der Waals surface area (Å²) in [5.74, 6) is -0.681. The minimum atomic E-state index is -2.04. The summed E-state index contributed by atoms with van der Waals surface area (Å²) in [5.41, 5.74) is 1.42. The smallest absolute Gasteiger partial charge is 0.345 e. The van der Waals surface area contributed by atoms with Crippen molar-refractivity contribution in [2.75, 3.05) is 35.2 Å². The van der Waals surface area contributed by atoms with Crippen molar-refractivity contribution in [1.82, 2.24) is 0 Å². The molecule has 2 aromatic carbocycles. The van der Waals surface area contributed by atoms with Crippen molar-refractivity contribution in [3.05, 3.63) is 70.7 Å². The first kappa shape index (κ1) is 22.3. The van der Waals surface area contributed by atoms with E-state index in [1.807, 2.05) is 0 Å². The lowest BCUT2D eigenvalue weighted by Crippen LogP contribution is -2.29. The van der Waals surface area contributed by atoms with Crippen LogP contribution in [-0.2, 0) is 31.2 Å². The zero-order valence-corrected chi connectivity index (χ0v) is 18.7. The van der Waals surface area contributed by atoms with E-state index in [9.17, 15) is 9.90 Å². The normalized spacial score (nSPS) is 19.4. The highest BCUT2D eigenvalue weighted by Crippen LogP contribution is 2.46. The molecule has 0 radical (unpaired) electrons. The van der Waals surface area contributed by atoms with Crippen LogP contribution in [0.3, 0.4) is 0 Å². The van der Waals surface area contributed by atoms with Crippen molar-refractivity contribution in [1.29, 1.82) is 0 Å². The van der Waals surface area contributed by atoms with E-state index in [0.29, 0.717) is 34.1 Å². The number of benzene rings is 2. The quantitative estimate of drug-likeness (QED) is 0.601. The molecule has 9 heteroatoms. The van der Waals surface area contributed by atoms with Crippen molar-refractivity contribution >= 4 is 5.97 Å². The Morgan fingerprint density at radius 3 is 2.15 bits per heavy atom. The molecular formula is C24H24O9. The molecule has 9 nitrogen and oxygen atoms in total. The van der Waals surface area contributed by atoms with Gasteiger partial charge in [0.05, 0.1) is 28.4 Å². The third-order valence-electron chi connectivity index (χ3n) is 5.46. The molecule has 2 heterocycles. The Labute approximate surface area is 190 Å². The Hall–Kier alpha value is -3.85. The van der Waals surface area contributed by atoms with Crippen LogP contribution in [0.5, 0.6) is 23.0 Å². The average molecular weight is 456 g/mol. The second-order valence-corrected chi connectivity index (χ2v) is 7.24. The van der Waals surface area contributed by atoms with Crippen molar-refractivity contribution in [2.45, 2.75) is 12.2 Å². The van der Waals surface area contributed by atoms with Crippen LogP contribution in [0.1, 0.15) is 11.1 Å². The fourth-order valence-corrected chi connectivity index (χ4v) is 3.86. The molecule has 0 spiro atoms. The molecule has 2 aromatic rings. The highest BCUT2D eigenvalue weighted by molar-refractivity contribution is 5.97. The first-order valence-corrected chi connectivity index (χ1v) is 10.0. The molecule has 2 aliphatic rings. The van der Waals surface area contributed by atoms with Crippen LogP contribution in [0.2, 0.25) is 0 Å². The van der Waals surface area contributed by atoms with Gasteiger partial charge < -0.3 is 38.3 Å². The minimum absolute atomic E-state index is 0.0372. The van der Waals surface area contributed by atoms with Gasteiger partial charge in [-0.3, -0.25) is 0 Å². The molecule has 1 unspecified atom stereocenters. The van der Waals surface area contributed by atoms with Gasteiger partial charge in [0.1, 0.15) is 17.6 Å². The highest BCUT2D eigenvalue weighted by atomic mass is 16.7. The van der Waals surface area contributed by atoms with E-state index in [4.69, 9.17) is 33.2 Å². The van der Waals surface area contributed by atoms with Crippen molar-refractivity contribution < 1.29 is 43.1 Å². The average Bonchev–Trinajstić information content (AvgIpc) is 3.45. The predicted octanol–water partition coefficient (Wildman–Crippen LogP) is 2.81. The van der Waals surface area contributed by atoms with Crippen LogP contribution >= 0.6 is 0 Å². The molecule has 174 valence electrons. The van der Waals surface area contributed by atoms with Crippen LogP contribution in [0.25, 0.3) is 0 Å². The van der Waals surface area contributed by atoms with E-state index >= 15 is 0 Å². The molecule has 0 fully saturated rings. The summed E-state index contributed by atoms with van der Waals surface area (Å²) in [6.45, 7) is -0.0372. The highest BCUT2D eigenvalue weighted by Gasteiger charge is 2.49. The topological polar surface area (TPSA) is 102 Å². The van der Waals surface area contributed by atoms with Crippen LogP contribution in [0.15, 0.2) is 59.6 Å². The maximum Gasteiger partial charge on any atom is 0.345 e. The third-order valence-corrected chi connectivity index (χ3v) is 5.46. The molecule has 2 aliphatic heterocycles. The SMILES string of the molecule is COc1ccc(C2(O)OC(=O)C(C3=COCO3)=C2Cc2cc(OC)c(OC)c(OC)c2)cc1. The number of hydrogen-bond donors (Lipinski definition) is 1. The van der Waals surface area contributed by atoms with Crippen LogP contribution in [0, 0.1) is 0 Å². The number of esters is 1. The Balaban J connectivity index is 1.85. The number of rotatable bonds is 8. The van der Waals surface area contributed by atoms with E-state index in [1.165, 1.54) is 34.7 Å². The number of carbonyl (C=O) groups excluding carboxylic acids is 1. The molecule has 0 saturated heterocycles. The van der Waals surface area contributed by atoms with E-state index < -0.39 is 11.8 Å². The summed E-state index contributed by atoms with van der Waals surface area (Å²) >= 11 is 0. The van der Waals surface area contributed by atoms with Gasteiger partial charge in [-0.15, -0.1) is 0 Å². The van der Waals surface area contributed by atoms with Gasteiger partial charge in [-0.05, 0) is 42.0 Å². The standard InChI is InChI=1S/C24H24O9/c1-27-16-7-5-15(6-8-16)24(26)17(21(23(25)33-24)20-12-31-13-32-20)9-14-10-18(28-2)22(30-4)19(11-14)29-3/h5-8,10-12,26H,9,13H2,1-4H3. The molecule has 0 bridgehead atoms. The Morgan fingerprint density at radius 1 is 0.970 bits per heavy atom. The summed E-state index contributed by atoms with van der Waals surface area (Å²) in [6, 6.07) is 10.1. The molecule has 0 aromatic heterocycles. The second kappa shape index (κ2) is 8.95. The maximum absolute atomic E-state index is 12.9. The molecule has 1 N–H and O–H groups in total. The van der Waals surface area contributed by atoms with Crippen molar-refractivity contribution in [3.63, 3.8) is 0 Å². The van der Waals surface area contributed by atoms with Crippen molar-refractivity contribution in [2.24, 2.45) is 0 Å². The third kappa shape index (κ3) is 3.91. The molecule has 0 saturated carbocycles. The Morgan fingerprint density at radius 2 is 1.64 bits per heavy atom. The van der Waals surface area contributed by atoms with Gasteiger partial charge in [-0.2, -0.15) is 0 Å². The van der Waals surface area contributed by atoms with Crippen LogP contribution in [-0.4, -0.2) is 46.3 Å².